The van der Waals surface area contributed by atoms with Crippen LogP contribution in [-0.2, 0) is 32.0 Å². The Hall–Kier alpha value is -2.22. The number of hydrogen-bond donors (Lipinski definition) is 1. The summed E-state index contributed by atoms with van der Waals surface area (Å²) in [5, 5.41) is 3.48. The van der Waals surface area contributed by atoms with Crippen LogP contribution in [0.15, 0.2) is 0 Å². The van der Waals surface area contributed by atoms with Crippen LogP contribution in [-0.4, -0.2) is 42.2 Å². The minimum Gasteiger partial charge on any atom is -0.465 e. The molecule has 1 aliphatic heterocycles. The molecule has 2 bridgehead atoms. The molecule has 3 unspecified atom stereocenters. The number of rotatable bonds is 6. The summed E-state index contributed by atoms with van der Waals surface area (Å²) in [7, 11) is 1.36. The maximum Gasteiger partial charge on any atom is 0.341 e. The van der Waals surface area contributed by atoms with Crippen molar-refractivity contribution in [3.05, 3.63) is 16.0 Å². The second kappa shape index (κ2) is 9.26. The lowest BCUT2D eigenvalue weighted by Gasteiger charge is -2.47. The van der Waals surface area contributed by atoms with Crippen molar-refractivity contribution >= 4 is 40.0 Å². The summed E-state index contributed by atoms with van der Waals surface area (Å²) in [6.45, 7) is 13.0. The van der Waals surface area contributed by atoms with Gasteiger partial charge in [-0.2, -0.15) is 0 Å². The van der Waals surface area contributed by atoms with Gasteiger partial charge in [0.2, 0.25) is 17.7 Å². The van der Waals surface area contributed by atoms with Crippen LogP contribution >= 0.6 is 11.3 Å². The van der Waals surface area contributed by atoms with Crippen molar-refractivity contribution in [2.45, 2.75) is 86.5 Å². The molecule has 0 spiro atoms. The molecule has 0 radical (unpaired) electrons. The Morgan fingerprint density at radius 2 is 1.86 bits per heavy atom. The molecule has 1 N–H and O–H groups in total. The minimum atomic E-state index is -0.537. The van der Waals surface area contributed by atoms with Crippen molar-refractivity contribution < 1.29 is 23.9 Å². The van der Waals surface area contributed by atoms with E-state index in [1.807, 2.05) is 20.8 Å². The van der Waals surface area contributed by atoms with Gasteiger partial charge in [-0.25, -0.2) is 4.79 Å². The molecule has 8 heteroatoms. The van der Waals surface area contributed by atoms with Crippen LogP contribution in [0.1, 0.15) is 94.4 Å². The van der Waals surface area contributed by atoms with Crippen LogP contribution < -0.4 is 5.32 Å². The van der Waals surface area contributed by atoms with E-state index in [0.29, 0.717) is 22.9 Å². The molecule has 3 aliphatic rings. The second-order valence-electron chi connectivity index (χ2n) is 12.6. The maximum absolute atomic E-state index is 13.2. The van der Waals surface area contributed by atoms with Crippen LogP contribution in [0.3, 0.4) is 0 Å². The third-order valence-corrected chi connectivity index (χ3v) is 10.6. The fraction of sp³-hybridized carbons (Fsp3) is 0.714. The van der Waals surface area contributed by atoms with Crippen molar-refractivity contribution in [2.24, 2.45) is 28.1 Å². The number of likely N-dealkylation sites (tertiary alicyclic amines) is 1. The SMILES string of the molecule is COC(=O)c1c(NC(=O)CCCN2C(=O)C3CCC(C)(C2=O)C3(C)C)sc2c1CCC(C(C)(C)C)C2. The van der Waals surface area contributed by atoms with Gasteiger partial charge in [0.15, 0.2) is 0 Å². The number of nitrogens with one attached hydrogen (secondary N) is 1. The molecule has 1 aromatic rings. The number of thiophene rings is 1. The molecule has 36 heavy (non-hydrogen) atoms. The van der Waals surface area contributed by atoms with Crippen LogP contribution in [0.4, 0.5) is 5.00 Å². The van der Waals surface area contributed by atoms with Gasteiger partial charge in [-0.1, -0.05) is 41.5 Å². The zero-order valence-corrected chi connectivity index (χ0v) is 23.5. The maximum atomic E-state index is 13.2. The highest BCUT2D eigenvalue weighted by Gasteiger charge is 2.64. The summed E-state index contributed by atoms with van der Waals surface area (Å²) in [5.41, 5.74) is 0.768. The highest BCUT2D eigenvalue weighted by atomic mass is 32.1. The standard InChI is InChI=1S/C28H40N2O5S/c1-26(2,3)16-10-11-17-19(15-16)36-22(21(17)24(33)35-7)29-20(31)9-8-14-30-23(32)18-12-13-28(6,25(30)34)27(18,4)5/h16,18H,8-15H2,1-7H3,(H,29,31). The van der Waals surface area contributed by atoms with Gasteiger partial charge in [0, 0.05) is 23.8 Å². The summed E-state index contributed by atoms with van der Waals surface area (Å²) < 4.78 is 5.05. The number of ether oxygens (including phenoxy) is 1. The predicted molar refractivity (Wildman–Crippen MR) is 140 cm³/mol. The second-order valence-corrected chi connectivity index (χ2v) is 13.7. The predicted octanol–water partition coefficient (Wildman–Crippen LogP) is 5.22. The van der Waals surface area contributed by atoms with E-state index in [1.54, 1.807) is 0 Å². The topological polar surface area (TPSA) is 92.8 Å². The van der Waals surface area contributed by atoms with Gasteiger partial charge in [-0.05, 0) is 60.8 Å². The average molecular weight is 517 g/mol. The van der Waals surface area contributed by atoms with E-state index in [-0.39, 0.29) is 47.4 Å². The van der Waals surface area contributed by atoms with Gasteiger partial charge in [0.25, 0.3) is 0 Å². The zero-order chi connectivity index (χ0) is 26.6. The van der Waals surface area contributed by atoms with Gasteiger partial charge >= 0.3 is 5.97 Å². The molecule has 2 heterocycles. The van der Waals surface area contributed by atoms with Gasteiger partial charge in [0.05, 0.1) is 18.1 Å². The first kappa shape index (κ1) is 26.8. The number of methoxy groups -OCH3 is 1. The number of imide groups is 1. The summed E-state index contributed by atoms with van der Waals surface area (Å²) in [6.07, 6.45) is 4.69. The molecule has 1 saturated heterocycles. The van der Waals surface area contributed by atoms with Crippen molar-refractivity contribution in [3.8, 4) is 0 Å². The van der Waals surface area contributed by atoms with Crippen LogP contribution in [0.5, 0.6) is 0 Å². The molecule has 198 valence electrons. The lowest BCUT2D eigenvalue weighted by Crippen LogP contribution is -2.59. The summed E-state index contributed by atoms with van der Waals surface area (Å²) in [6, 6.07) is 0. The molecule has 4 rings (SSSR count). The van der Waals surface area contributed by atoms with Gasteiger partial charge in [-0.3, -0.25) is 19.3 Å². The molecule has 2 aliphatic carbocycles. The zero-order valence-electron chi connectivity index (χ0n) is 22.7. The quantitative estimate of drug-likeness (QED) is 0.414. The summed E-state index contributed by atoms with van der Waals surface area (Å²) in [5.74, 6) is -0.498. The molecular formula is C28H40N2O5S. The Labute approximate surface area is 218 Å². The van der Waals surface area contributed by atoms with Crippen LogP contribution in [0.25, 0.3) is 0 Å². The number of anilines is 1. The number of esters is 1. The highest BCUT2D eigenvalue weighted by molar-refractivity contribution is 7.17. The lowest BCUT2D eigenvalue weighted by molar-refractivity contribution is -0.168. The monoisotopic (exact) mass is 516 g/mol. The molecule has 3 atom stereocenters. The van der Waals surface area contributed by atoms with Crippen LogP contribution in [0.2, 0.25) is 0 Å². The minimum absolute atomic E-state index is 0.104. The Balaban J connectivity index is 1.42. The molecule has 2 fully saturated rings. The van der Waals surface area contributed by atoms with E-state index in [4.69, 9.17) is 4.74 Å². The van der Waals surface area contributed by atoms with Crippen molar-refractivity contribution in [1.29, 1.82) is 0 Å². The van der Waals surface area contributed by atoms with E-state index >= 15 is 0 Å². The first-order valence-corrected chi connectivity index (χ1v) is 13.9. The number of nitrogens with zero attached hydrogens (tertiary/aromatic N) is 1. The number of fused-ring (bicyclic) bond motifs is 3. The number of piperidine rings is 1. The van der Waals surface area contributed by atoms with E-state index in [1.165, 1.54) is 23.3 Å². The van der Waals surface area contributed by atoms with E-state index in [2.05, 4.69) is 26.1 Å². The number of hydrogen-bond acceptors (Lipinski definition) is 6. The Bertz CT molecular complexity index is 1100. The number of carbonyl (C=O) groups is 4. The summed E-state index contributed by atoms with van der Waals surface area (Å²) >= 11 is 1.47. The normalized spacial score (nSPS) is 27.1. The average Bonchev–Trinajstić information content (AvgIpc) is 3.24. The molecule has 3 amide bonds. The van der Waals surface area contributed by atoms with Gasteiger partial charge in [-0.15, -0.1) is 11.3 Å². The largest absolute Gasteiger partial charge is 0.465 e. The number of carbonyl (C=O) groups excluding carboxylic acids is 4. The molecule has 1 aromatic heterocycles. The third kappa shape index (κ3) is 4.29. The highest BCUT2D eigenvalue weighted by Crippen LogP contribution is 2.60. The van der Waals surface area contributed by atoms with E-state index in [0.717, 1.165) is 42.5 Å². The Morgan fingerprint density at radius 3 is 2.50 bits per heavy atom. The van der Waals surface area contributed by atoms with Crippen LogP contribution in [0, 0.1) is 28.1 Å². The van der Waals surface area contributed by atoms with Crippen molar-refractivity contribution in [2.75, 3.05) is 19.0 Å². The molecule has 0 aromatic carbocycles. The van der Waals surface area contributed by atoms with Crippen molar-refractivity contribution in [3.63, 3.8) is 0 Å². The fourth-order valence-corrected chi connectivity index (χ4v) is 7.76. The molecular weight excluding hydrogens is 476 g/mol. The van der Waals surface area contributed by atoms with Gasteiger partial charge < -0.3 is 10.1 Å². The third-order valence-electron chi connectivity index (χ3n) is 9.43. The molecule has 1 saturated carbocycles. The summed E-state index contributed by atoms with van der Waals surface area (Å²) in [4.78, 5) is 54.3. The smallest absolute Gasteiger partial charge is 0.341 e. The first-order valence-electron chi connectivity index (χ1n) is 13.1. The lowest BCUT2D eigenvalue weighted by atomic mass is 9.62. The van der Waals surface area contributed by atoms with Gasteiger partial charge in [0.1, 0.15) is 5.00 Å². The van der Waals surface area contributed by atoms with E-state index in [9.17, 15) is 19.2 Å². The van der Waals surface area contributed by atoms with E-state index < -0.39 is 11.4 Å². The molecule has 7 nitrogen and oxygen atoms in total. The Morgan fingerprint density at radius 1 is 1.17 bits per heavy atom. The Kier molecular flexibility index (Phi) is 6.90. The van der Waals surface area contributed by atoms with Crippen molar-refractivity contribution in [1.82, 2.24) is 4.90 Å². The number of amides is 3. The first-order chi connectivity index (χ1) is 16.7. The fourth-order valence-electron chi connectivity index (χ4n) is 6.43.